The topological polar surface area (TPSA) is 71.3 Å². The second kappa shape index (κ2) is 5.47. The fourth-order valence-electron chi connectivity index (χ4n) is 2.29. The van der Waals surface area contributed by atoms with Gasteiger partial charge in [0.1, 0.15) is 0 Å². The van der Waals surface area contributed by atoms with Gasteiger partial charge in [0.05, 0.1) is 5.56 Å². The monoisotopic (exact) mass is 264 g/mol. The predicted octanol–water partition coefficient (Wildman–Crippen LogP) is 1.98. The average Bonchev–Trinajstić information content (AvgIpc) is 3.05. The smallest absolute Gasteiger partial charge is 0.337 e. The van der Waals surface area contributed by atoms with Crippen molar-refractivity contribution in [1.82, 2.24) is 9.88 Å². The summed E-state index contributed by atoms with van der Waals surface area (Å²) in [5.74, 6) is -0.524. The number of carbonyl (C=O) groups excluding carboxylic acids is 1. The summed E-state index contributed by atoms with van der Waals surface area (Å²) in [6.07, 6.45) is 4.25. The first-order valence-electron chi connectivity index (χ1n) is 6.70. The largest absolute Gasteiger partial charge is 0.478 e. The predicted molar refractivity (Wildman–Crippen MR) is 71.3 cm³/mol. The highest BCUT2D eigenvalue weighted by Crippen LogP contribution is 2.42. The molecule has 1 amide bonds. The summed E-state index contributed by atoms with van der Waals surface area (Å²) in [4.78, 5) is 22.8. The number of hydrogen-bond donors (Lipinski definition) is 2. The highest BCUT2D eigenvalue weighted by molar-refractivity contribution is 5.89. The highest BCUT2D eigenvalue weighted by atomic mass is 16.4. The van der Waals surface area contributed by atoms with E-state index in [0.29, 0.717) is 24.4 Å². The van der Waals surface area contributed by atoms with Crippen LogP contribution in [0.15, 0.2) is 12.3 Å². The Labute approximate surface area is 112 Å². The molecule has 1 aromatic rings. The molecule has 0 unspecified atom stereocenters. The molecule has 0 bridgehead atoms. The van der Waals surface area contributed by atoms with Gasteiger partial charge in [-0.2, -0.15) is 0 Å². The summed E-state index contributed by atoms with van der Waals surface area (Å²) in [6, 6.07) is 1.77. The van der Waals surface area contributed by atoms with Crippen LogP contribution in [0, 0.1) is 0 Å². The minimum Gasteiger partial charge on any atom is -0.478 e. The van der Waals surface area contributed by atoms with Gasteiger partial charge in [0.2, 0.25) is 5.91 Å². The third-order valence-corrected chi connectivity index (χ3v) is 3.23. The zero-order valence-electron chi connectivity index (χ0n) is 11.3. The number of nitrogens with zero attached hydrogens (tertiary/aromatic N) is 1. The lowest BCUT2D eigenvalue weighted by Gasteiger charge is -2.11. The van der Waals surface area contributed by atoms with E-state index < -0.39 is 5.97 Å². The molecule has 1 aromatic heterocycles. The lowest BCUT2D eigenvalue weighted by molar-refractivity contribution is -0.121. The number of carboxylic acid groups (broad SMARTS) is 1. The fraction of sp³-hybridized carbons (Fsp3) is 0.571. The summed E-state index contributed by atoms with van der Waals surface area (Å²) in [6.45, 7) is 4.38. The van der Waals surface area contributed by atoms with Crippen LogP contribution in [0.4, 0.5) is 0 Å². The van der Waals surface area contributed by atoms with Gasteiger partial charge in [-0.3, -0.25) is 4.79 Å². The molecule has 1 aliphatic rings. The minimum absolute atomic E-state index is 0.00215. The number of carboxylic acids is 1. The maximum atomic E-state index is 11.6. The van der Waals surface area contributed by atoms with Gasteiger partial charge < -0.3 is 15.0 Å². The molecule has 2 rings (SSSR count). The molecule has 2 N–H and O–H groups in total. The van der Waals surface area contributed by atoms with Crippen LogP contribution in [-0.4, -0.2) is 27.6 Å². The van der Waals surface area contributed by atoms with E-state index in [1.807, 2.05) is 18.4 Å². The first-order chi connectivity index (χ1) is 8.99. The molecule has 104 valence electrons. The Balaban J connectivity index is 2.04. The highest BCUT2D eigenvalue weighted by Gasteiger charge is 2.31. The van der Waals surface area contributed by atoms with E-state index in [1.165, 1.54) is 0 Å². The van der Waals surface area contributed by atoms with E-state index in [9.17, 15) is 9.59 Å². The van der Waals surface area contributed by atoms with Crippen molar-refractivity contribution in [3.63, 3.8) is 0 Å². The summed E-state index contributed by atoms with van der Waals surface area (Å²) in [5.41, 5.74) is 1.26. The molecule has 1 heterocycles. The van der Waals surface area contributed by atoms with Crippen molar-refractivity contribution in [2.75, 3.05) is 0 Å². The van der Waals surface area contributed by atoms with Crippen molar-refractivity contribution < 1.29 is 14.7 Å². The maximum Gasteiger partial charge on any atom is 0.337 e. The molecule has 1 aliphatic carbocycles. The van der Waals surface area contributed by atoms with Gasteiger partial charge in [0, 0.05) is 36.8 Å². The molecule has 0 aromatic carbocycles. The molecule has 0 atom stereocenters. The van der Waals surface area contributed by atoms with Crippen molar-refractivity contribution in [2.24, 2.45) is 0 Å². The molecule has 5 heteroatoms. The zero-order chi connectivity index (χ0) is 14.0. The third kappa shape index (κ3) is 3.36. The van der Waals surface area contributed by atoms with Crippen molar-refractivity contribution in [1.29, 1.82) is 0 Å². The first-order valence-corrected chi connectivity index (χ1v) is 6.70. The van der Waals surface area contributed by atoms with Gasteiger partial charge in [-0.25, -0.2) is 4.79 Å². The van der Waals surface area contributed by atoms with Crippen LogP contribution >= 0.6 is 0 Å². The summed E-state index contributed by atoms with van der Waals surface area (Å²) >= 11 is 0. The van der Waals surface area contributed by atoms with E-state index in [4.69, 9.17) is 5.11 Å². The molecule has 0 saturated heterocycles. The van der Waals surface area contributed by atoms with Crippen molar-refractivity contribution >= 4 is 11.9 Å². The summed E-state index contributed by atoms with van der Waals surface area (Å²) in [5, 5.41) is 12.0. The number of aromatic carboxylic acids is 1. The van der Waals surface area contributed by atoms with Crippen LogP contribution in [0.3, 0.4) is 0 Å². The van der Waals surface area contributed by atoms with Crippen LogP contribution in [0.1, 0.15) is 55.1 Å². The standard InChI is InChI=1S/C14H20N2O3/c1-9(2)15-12(17)6-8-16-7-5-11(14(18)19)13(16)10-3-4-10/h5,7,9-10H,3-4,6,8H2,1-2H3,(H,15,17)(H,18,19). The molecule has 1 saturated carbocycles. The third-order valence-electron chi connectivity index (χ3n) is 3.23. The molecule has 5 nitrogen and oxygen atoms in total. The molecule has 0 aliphatic heterocycles. The zero-order valence-corrected chi connectivity index (χ0v) is 11.3. The second-order valence-electron chi connectivity index (χ2n) is 5.36. The molecule has 0 spiro atoms. The Kier molecular flexibility index (Phi) is 3.93. The number of aromatic nitrogens is 1. The molecule has 0 radical (unpaired) electrons. The van der Waals surface area contributed by atoms with Crippen molar-refractivity contribution in [2.45, 2.75) is 51.6 Å². The average molecular weight is 264 g/mol. The Morgan fingerprint density at radius 1 is 1.47 bits per heavy atom. The molecule has 19 heavy (non-hydrogen) atoms. The van der Waals surface area contributed by atoms with E-state index >= 15 is 0 Å². The van der Waals surface area contributed by atoms with Crippen LogP contribution in [0.25, 0.3) is 0 Å². The molecule has 1 fully saturated rings. The van der Waals surface area contributed by atoms with Gasteiger partial charge in [-0.05, 0) is 32.8 Å². The number of carbonyl (C=O) groups is 2. The van der Waals surface area contributed by atoms with E-state index in [-0.39, 0.29) is 11.9 Å². The van der Waals surface area contributed by atoms with Crippen LogP contribution < -0.4 is 5.32 Å². The lowest BCUT2D eigenvalue weighted by Crippen LogP contribution is -2.30. The minimum atomic E-state index is -0.882. The van der Waals surface area contributed by atoms with Crippen molar-refractivity contribution in [3.8, 4) is 0 Å². The molecular weight excluding hydrogens is 244 g/mol. The maximum absolute atomic E-state index is 11.6. The van der Waals surface area contributed by atoms with Crippen LogP contribution in [0.5, 0.6) is 0 Å². The molecular formula is C14H20N2O3. The van der Waals surface area contributed by atoms with Crippen LogP contribution in [-0.2, 0) is 11.3 Å². The number of aryl methyl sites for hydroxylation is 1. The quantitative estimate of drug-likeness (QED) is 0.825. The number of nitrogens with one attached hydrogen (secondary N) is 1. The van der Waals surface area contributed by atoms with Gasteiger partial charge >= 0.3 is 5.97 Å². The van der Waals surface area contributed by atoms with Gasteiger partial charge in [-0.15, -0.1) is 0 Å². The summed E-state index contributed by atoms with van der Waals surface area (Å²) < 4.78 is 1.92. The van der Waals surface area contributed by atoms with Crippen LogP contribution in [0.2, 0.25) is 0 Å². The van der Waals surface area contributed by atoms with Gasteiger partial charge in [0.25, 0.3) is 0 Å². The van der Waals surface area contributed by atoms with Gasteiger partial charge in [0.15, 0.2) is 0 Å². The first kappa shape index (κ1) is 13.6. The number of amides is 1. The van der Waals surface area contributed by atoms with Gasteiger partial charge in [-0.1, -0.05) is 0 Å². The Bertz CT molecular complexity index is 487. The van der Waals surface area contributed by atoms with E-state index in [1.54, 1.807) is 12.3 Å². The normalized spacial score (nSPS) is 14.7. The fourth-order valence-corrected chi connectivity index (χ4v) is 2.29. The lowest BCUT2D eigenvalue weighted by atomic mass is 10.2. The summed E-state index contributed by atoms with van der Waals surface area (Å²) in [7, 11) is 0. The number of rotatable bonds is 6. The van der Waals surface area contributed by atoms with E-state index in [2.05, 4.69) is 5.32 Å². The SMILES string of the molecule is CC(C)NC(=O)CCn1ccc(C(=O)O)c1C1CC1. The number of hydrogen-bond acceptors (Lipinski definition) is 2. The second-order valence-corrected chi connectivity index (χ2v) is 5.36. The Hall–Kier alpha value is -1.78. The Morgan fingerprint density at radius 3 is 2.68 bits per heavy atom. The van der Waals surface area contributed by atoms with E-state index in [0.717, 1.165) is 18.5 Å². The van der Waals surface area contributed by atoms with Crippen molar-refractivity contribution in [3.05, 3.63) is 23.5 Å². The Morgan fingerprint density at radius 2 is 2.16 bits per heavy atom.